The predicted molar refractivity (Wildman–Crippen MR) is 47.5 cm³/mol. The van der Waals surface area contributed by atoms with Crippen LogP contribution in [-0.2, 0) is 14.9 Å². The summed E-state index contributed by atoms with van der Waals surface area (Å²) in [6.45, 7) is 1.33. The maximum Gasteiger partial charge on any atom is 0.270 e. The molecule has 0 aliphatic carbocycles. The lowest BCUT2D eigenvalue weighted by Crippen LogP contribution is -2.39. The second-order valence-corrected chi connectivity index (χ2v) is 4.91. The second kappa shape index (κ2) is 4.68. The molecule has 0 aromatic heterocycles. The second-order valence-electron chi connectivity index (χ2n) is 2.16. The highest BCUT2D eigenvalue weighted by molar-refractivity contribution is 8.00. The molecule has 0 spiro atoms. The maximum atomic E-state index is 10.6. The van der Waals surface area contributed by atoms with Gasteiger partial charge in [-0.2, -0.15) is 8.42 Å². The zero-order chi connectivity index (χ0) is 9.78. The van der Waals surface area contributed by atoms with E-state index in [0.29, 0.717) is 6.41 Å². The average molecular weight is 213 g/mol. The predicted octanol–water partition coefficient (Wildman–Crippen LogP) is -0.302. The number of carbonyl (C=O) groups excluding carboxylic acids is 1. The molecule has 2 N–H and O–H groups in total. The van der Waals surface area contributed by atoms with Crippen molar-refractivity contribution in [3.63, 3.8) is 0 Å². The third kappa shape index (κ3) is 3.42. The van der Waals surface area contributed by atoms with Crippen molar-refractivity contribution < 1.29 is 17.8 Å². The van der Waals surface area contributed by atoms with Crippen LogP contribution in [0.25, 0.3) is 0 Å². The van der Waals surface area contributed by atoms with Gasteiger partial charge in [-0.05, 0) is 13.2 Å². The number of rotatable bonds is 5. The lowest BCUT2D eigenvalue weighted by molar-refractivity contribution is -0.109. The van der Waals surface area contributed by atoms with E-state index < -0.39 is 20.7 Å². The van der Waals surface area contributed by atoms with Gasteiger partial charge in [0.1, 0.15) is 5.25 Å². The van der Waals surface area contributed by atoms with Crippen LogP contribution in [0.5, 0.6) is 0 Å². The van der Waals surface area contributed by atoms with Crippen molar-refractivity contribution >= 4 is 28.3 Å². The van der Waals surface area contributed by atoms with Crippen molar-refractivity contribution in [1.29, 1.82) is 0 Å². The molecule has 0 aliphatic heterocycles. The summed E-state index contributed by atoms with van der Waals surface area (Å²) in [6.07, 6.45) is 2.05. The SMILES string of the molecule is CSC(NC=O)C(C)S(=O)(=O)O. The number of thioether (sulfide) groups is 1. The Labute approximate surface area is 75.7 Å². The molecular weight excluding hydrogens is 202 g/mol. The standard InChI is InChI=1S/C5H11NO4S2/c1-4(12(8,9)10)5(11-2)6-3-7/h3-5H,1-2H3,(H,6,7)(H,8,9,10). The highest BCUT2D eigenvalue weighted by atomic mass is 32.2. The van der Waals surface area contributed by atoms with Gasteiger partial charge >= 0.3 is 0 Å². The number of hydrogen-bond donors (Lipinski definition) is 2. The average Bonchev–Trinajstić information content (AvgIpc) is 1.97. The molecule has 0 aromatic rings. The minimum Gasteiger partial charge on any atom is -0.346 e. The first-order valence-corrected chi connectivity index (χ1v) is 5.91. The van der Waals surface area contributed by atoms with Crippen molar-refractivity contribution in [2.75, 3.05) is 6.26 Å². The summed E-state index contributed by atoms with van der Waals surface area (Å²) in [6, 6.07) is 0. The first-order chi connectivity index (χ1) is 5.43. The van der Waals surface area contributed by atoms with E-state index in [1.165, 1.54) is 6.92 Å². The molecule has 1 amide bonds. The van der Waals surface area contributed by atoms with Gasteiger partial charge in [-0.15, -0.1) is 11.8 Å². The van der Waals surface area contributed by atoms with Gasteiger partial charge in [-0.25, -0.2) is 0 Å². The van der Waals surface area contributed by atoms with E-state index in [1.54, 1.807) is 6.26 Å². The Balaban J connectivity index is 4.41. The van der Waals surface area contributed by atoms with Crippen LogP contribution in [0.2, 0.25) is 0 Å². The van der Waals surface area contributed by atoms with Crippen molar-refractivity contribution in [2.45, 2.75) is 17.5 Å². The molecule has 0 fully saturated rings. The van der Waals surface area contributed by atoms with Gasteiger partial charge in [-0.3, -0.25) is 9.35 Å². The van der Waals surface area contributed by atoms with Crippen molar-refractivity contribution in [3.8, 4) is 0 Å². The number of carbonyl (C=O) groups is 1. The topological polar surface area (TPSA) is 83.5 Å². The van der Waals surface area contributed by atoms with Crippen molar-refractivity contribution in [3.05, 3.63) is 0 Å². The van der Waals surface area contributed by atoms with Gasteiger partial charge in [-0.1, -0.05) is 0 Å². The summed E-state index contributed by atoms with van der Waals surface area (Å²) in [5.41, 5.74) is 0. The van der Waals surface area contributed by atoms with E-state index in [-0.39, 0.29) is 0 Å². The van der Waals surface area contributed by atoms with Gasteiger partial charge in [0.15, 0.2) is 0 Å². The fourth-order valence-electron chi connectivity index (χ4n) is 0.618. The Morgan fingerprint density at radius 1 is 1.58 bits per heavy atom. The Kier molecular flexibility index (Phi) is 4.58. The molecule has 0 aliphatic rings. The highest BCUT2D eigenvalue weighted by Gasteiger charge is 2.26. The molecule has 0 saturated carbocycles. The lowest BCUT2D eigenvalue weighted by atomic mass is 10.5. The van der Waals surface area contributed by atoms with Gasteiger partial charge in [0.05, 0.1) is 5.37 Å². The molecule has 0 bridgehead atoms. The normalized spacial score (nSPS) is 16.6. The van der Waals surface area contributed by atoms with Gasteiger partial charge in [0.25, 0.3) is 10.1 Å². The van der Waals surface area contributed by atoms with Crippen LogP contribution in [0.1, 0.15) is 6.92 Å². The molecule has 5 nitrogen and oxygen atoms in total. The number of hydrogen-bond acceptors (Lipinski definition) is 4. The van der Waals surface area contributed by atoms with Gasteiger partial charge in [0, 0.05) is 0 Å². The van der Waals surface area contributed by atoms with Crippen LogP contribution in [0.3, 0.4) is 0 Å². The van der Waals surface area contributed by atoms with Crippen molar-refractivity contribution in [1.82, 2.24) is 5.32 Å². The molecule has 0 saturated heterocycles. The van der Waals surface area contributed by atoms with Crippen LogP contribution in [0.4, 0.5) is 0 Å². The van der Waals surface area contributed by atoms with E-state index in [0.717, 1.165) is 11.8 Å². The fraction of sp³-hybridized carbons (Fsp3) is 0.800. The molecule has 7 heteroatoms. The third-order valence-corrected chi connectivity index (χ3v) is 3.82. The smallest absolute Gasteiger partial charge is 0.270 e. The zero-order valence-electron chi connectivity index (χ0n) is 6.72. The summed E-state index contributed by atoms with van der Waals surface area (Å²) < 4.78 is 29.8. The van der Waals surface area contributed by atoms with Crippen LogP contribution in [0, 0.1) is 0 Å². The first-order valence-electron chi connectivity index (χ1n) is 3.12. The molecular formula is C5H11NO4S2. The quantitative estimate of drug-likeness (QED) is 0.372. The molecule has 0 radical (unpaired) electrons. The summed E-state index contributed by atoms with van der Waals surface area (Å²) in [4.78, 5) is 10.0. The summed E-state index contributed by atoms with van der Waals surface area (Å²) in [7, 11) is -4.08. The maximum absolute atomic E-state index is 10.6. The number of amides is 1. The van der Waals surface area contributed by atoms with Crippen LogP contribution < -0.4 is 5.32 Å². The Morgan fingerprint density at radius 3 is 2.33 bits per heavy atom. The highest BCUT2D eigenvalue weighted by Crippen LogP contribution is 2.13. The molecule has 12 heavy (non-hydrogen) atoms. The van der Waals surface area contributed by atoms with E-state index in [1.807, 2.05) is 0 Å². The van der Waals surface area contributed by atoms with E-state index in [4.69, 9.17) is 4.55 Å². The monoisotopic (exact) mass is 213 g/mol. The van der Waals surface area contributed by atoms with Gasteiger partial charge < -0.3 is 5.32 Å². The fourth-order valence-corrected chi connectivity index (χ4v) is 2.34. The summed E-state index contributed by atoms with van der Waals surface area (Å²) in [5.74, 6) is 0. The minimum atomic E-state index is -4.08. The Bertz CT molecular complexity index is 238. The molecule has 0 heterocycles. The zero-order valence-corrected chi connectivity index (χ0v) is 8.35. The van der Waals surface area contributed by atoms with Crippen molar-refractivity contribution in [2.24, 2.45) is 0 Å². The van der Waals surface area contributed by atoms with E-state index in [9.17, 15) is 13.2 Å². The van der Waals surface area contributed by atoms with E-state index in [2.05, 4.69) is 5.32 Å². The third-order valence-electron chi connectivity index (χ3n) is 1.38. The van der Waals surface area contributed by atoms with E-state index >= 15 is 0 Å². The summed E-state index contributed by atoms with van der Waals surface area (Å²) in [5, 5.41) is 0.666. The molecule has 72 valence electrons. The van der Waals surface area contributed by atoms with Crippen LogP contribution in [0.15, 0.2) is 0 Å². The molecule has 0 aromatic carbocycles. The van der Waals surface area contributed by atoms with Crippen LogP contribution in [-0.4, -0.2) is 36.3 Å². The Morgan fingerprint density at radius 2 is 2.08 bits per heavy atom. The Hall–Kier alpha value is -0.270. The van der Waals surface area contributed by atoms with Gasteiger partial charge in [0.2, 0.25) is 6.41 Å². The first kappa shape index (κ1) is 11.7. The largest absolute Gasteiger partial charge is 0.346 e. The van der Waals surface area contributed by atoms with Crippen LogP contribution >= 0.6 is 11.8 Å². The number of nitrogens with one attached hydrogen (secondary N) is 1. The molecule has 2 unspecified atom stereocenters. The molecule has 2 atom stereocenters. The lowest BCUT2D eigenvalue weighted by Gasteiger charge is -2.18. The summed E-state index contributed by atoms with van der Waals surface area (Å²) >= 11 is 1.15. The molecule has 0 rings (SSSR count). The minimum absolute atomic E-state index is 0.406.